The third kappa shape index (κ3) is 7.67. The lowest BCUT2D eigenvalue weighted by molar-refractivity contribution is -0.137. The maximum Gasteiger partial charge on any atom is 0.416 e. The first-order valence-corrected chi connectivity index (χ1v) is 13.6. The lowest BCUT2D eigenvalue weighted by Crippen LogP contribution is -2.40. The molecule has 2 aliphatic rings. The van der Waals surface area contributed by atoms with E-state index in [0.29, 0.717) is 12.8 Å². The van der Waals surface area contributed by atoms with Gasteiger partial charge >= 0.3 is 6.18 Å². The van der Waals surface area contributed by atoms with Crippen LogP contribution in [0.15, 0.2) is 29.2 Å². The van der Waals surface area contributed by atoms with Gasteiger partial charge in [-0.3, -0.25) is 0 Å². The molecule has 0 unspecified atom stereocenters. The second-order valence-electron chi connectivity index (χ2n) is 9.31. The summed E-state index contributed by atoms with van der Waals surface area (Å²) in [4.78, 5) is 2.44. The monoisotopic (exact) mass is 490 g/mol. The van der Waals surface area contributed by atoms with E-state index in [1.807, 2.05) is 0 Å². The van der Waals surface area contributed by atoms with Crippen molar-refractivity contribution in [3.63, 3.8) is 0 Å². The zero-order valence-corrected chi connectivity index (χ0v) is 20.3. The van der Waals surface area contributed by atoms with E-state index >= 15 is 0 Å². The second kappa shape index (κ2) is 12.0. The van der Waals surface area contributed by atoms with Crippen molar-refractivity contribution in [2.75, 3.05) is 33.3 Å². The van der Waals surface area contributed by atoms with Crippen LogP contribution in [0.25, 0.3) is 0 Å². The maximum atomic E-state index is 12.9. The number of nitrogens with zero attached hydrogens (tertiary/aromatic N) is 2. The van der Waals surface area contributed by atoms with E-state index in [0.717, 1.165) is 50.1 Å². The fourth-order valence-electron chi connectivity index (χ4n) is 4.80. The van der Waals surface area contributed by atoms with Gasteiger partial charge in [0.2, 0.25) is 10.0 Å². The maximum absolute atomic E-state index is 12.9. The molecule has 1 aromatic carbocycles. The minimum Gasteiger partial charge on any atom is -0.378 e. The highest BCUT2D eigenvalue weighted by Crippen LogP contribution is 2.32. The molecule has 3 rings (SSSR count). The number of likely N-dealkylation sites (tertiary alicyclic amines) is 1. The highest BCUT2D eigenvalue weighted by molar-refractivity contribution is 7.89. The fourth-order valence-corrected chi connectivity index (χ4v) is 6.22. The first-order valence-electron chi connectivity index (χ1n) is 12.2. The third-order valence-corrected chi connectivity index (χ3v) is 8.86. The highest BCUT2D eigenvalue weighted by atomic mass is 32.2. The predicted octanol–water partition coefficient (Wildman–Crippen LogP) is 5.31. The van der Waals surface area contributed by atoms with Crippen LogP contribution in [0.4, 0.5) is 13.2 Å². The van der Waals surface area contributed by atoms with Crippen molar-refractivity contribution in [2.45, 2.75) is 87.4 Å². The first-order chi connectivity index (χ1) is 15.7. The number of alkyl halides is 3. The van der Waals surface area contributed by atoms with Gasteiger partial charge in [0.15, 0.2) is 0 Å². The molecule has 1 saturated carbocycles. The molecule has 1 saturated heterocycles. The van der Waals surface area contributed by atoms with Gasteiger partial charge in [0.1, 0.15) is 0 Å². The summed E-state index contributed by atoms with van der Waals surface area (Å²) >= 11 is 0. The van der Waals surface area contributed by atoms with Crippen molar-refractivity contribution in [1.29, 1.82) is 0 Å². The fraction of sp³-hybridized carbons (Fsp3) is 0.750. The molecule has 9 heteroatoms. The molecule has 0 radical (unpaired) electrons. The van der Waals surface area contributed by atoms with E-state index in [9.17, 15) is 21.6 Å². The van der Waals surface area contributed by atoms with Crippen molar-refractivity contribution >= 4 is 10.0 Å². The minimum atomic E-state index is -4.49. The van der Waals surface area contributed by atoms with Gasteiger partial charge in [-0.05, 0) is 95.3 Å². The van der Waals surface area contributed by atoms with Gasteiger partial charge in [0.05, 0.1) is 16.6 Å². The summed E-state index contributed by atoms with van der Waals surface area (Å²) < 4.78 is 71.3. The van der Waals surface area contributed by atoms with Gasteiger partial charge in [-0.15, -0.1) is 0 Å². The lowest BCUT2D eigenvalue weighted by Gasteiger charge is -2.34. The Morgan fingerprint density at radius 2 is 1.58 bits per heavy atom. The Hall–Kier alpha value is -1.16. The van der Waals surface area contributed by atoms with E-state index in [4.69, 9.17) is 4.74 Å². The van der Waals surface area contributed by atoms with Gasteiger partial charge in [0, 0.05) is 19.7 Å². The first kappa shape index (κ1) is 26.4. The topological polar surface area (TPSA) is 49.9 Å². The van der Waals surface area contributed by atoms with Crippen molar-refractivity contribution in [2.24, 2.45) is 0 Å². The van der Waals surface area contributed by atoms with Crippen molar-refractivity contribution in [1.82, 2.24) is 9.21 Å². The van der Waals surface area contributed by atoms with E-state index in [1.165, 1.54) is 63.1 Å². The van der Waals surface area contributed by atoms with Gasteiger partial charge in [-0.25, -0.2) is 8.42 Å². The molecule has 0 N–H and O–H groups in total. The summed E-state index contributed by atoms with van der Waals surface area (Å²) in [6.45, 7) is 4.48. The minimum absolute atomic E-state index is 0.110. The van der Waals surface area contributed by atoms with Crippen molar-refractivity contribution < 1.29 is 26.3 Å². The number of unbranched alkanes of at least 4 members (excludes halogenated alkanes) is 3. The molecule has 0 bridgehead atoms. The number of hydrogen-bond donors (Lipinski definition) is 0. The van der Waals surface area contributed by atoms with Crippen molar-refractivity contribution in [3.8, 4) is 0 Å². The van der Waals surface area contributed by atoms with E-state index in [-0.39, 0.29) is 17.0 Å². The molecule has 0 spiro atoms. The Labute approximate surface area is 196 Å². The Bertz CT molecular complexity index is 816. The molecule has 0 aromatic heterocycles. The quantitative estimate of drug-likeness (QED) is 0.395. The number of hydrogen-bond acceptors (Lipinski definition) is 4. The summed E-state index contributed by atoms with van der Waals surface area (Å²) in [5.74, 6) is 0. The average molecular weight is 491 g/mol. The number of halogens is 3. The molecule has 1 aromatic rings. The normalized spacial score (nSPS) is 22.8. The van der Waals surface area contributed by atoms with Gasteiger partial charge < -0.3 is 9.64 Å². The van der Waals surface area contributed by atoms with Crippen LogP contribution in [0.3, 0.4) is 0 Å². The molecular weight excluding hydrogens is 453 g/mol. The molecule has 33 heavy (non-hydrogen) atoms. The molecule has 0 amide bonds. The highest BCUT2D eigenvalue weighted by Gasteiger charge is 2.34. The van der Waals surface area contributed by atoms with Crippen LogP contribution in [0.1, 0.15) is 69.8 Å². The molecule has 0 atom stereocenters. The van der Waals surface area contributed by atoms with E-state index in [2.05, 4.69) is 4.90 Å². The average Bonchev–Trinajstić information content (AvgIpc) is 3.31. The zero-order chi connectivity index (χ0) is 23.9. The van der Waals surface area contributed by atoms with Crippen LogP contribution in [-0.2, 0) is 20.9 Å². The van der Waals surface area contributed by atoms with Crippen LogP contribution in [0, 0.1) is 0 Å². The van der Waals surface area contributed by atoms with Crippen LogP contribution in [0.5, 0.6) is 0 Å². The Kier molecular flexibility index (Phi) is 9.62. The number of ether oxygens (including phenoxy) is 1. The number of rotatable bonds is 11. The Morgan fingerprint density at radius 3 is 2.18 bits per heavy atom. The summed E-state index contributed by atoms with van der Waals surface area (Å²) in [6.07, 6.45) is 6.06. The summed E-state index contributed by atoms with van der Waals surface area (Å²) in [7, 11) is -2.32. The molecular formula is C24H37F3N2O3S. The molecule has 2 fully saturated rings. The largest absolute Gasteiger partial charge is 0.416 e. The second-order valence-corrected chi connectivity index (χ2v) is 11.3. The van der Waals surface area contributed by atoms with Gasteiger partial charge in [-0.2, -0.15) is 17.5 Å². The standard InChI is InChI=1S/C24H37F3N2O3S/c1-28(33(30,31)23-14-8-20(9-15-23)24(25,26)27)21-10-12-22(13-11-21)32-19-7-3-2-4-16-29-17-5-6-18-29/h8-9,14-15,21-22H,2-7,10-13,16-19H2,1H3. The molecule has 1 heterocycles. The SMILES string of the molecule is CN(C1CCC(OCCCCCCN2CCCC2)CC1)S(=O)(=O)c1ccc(C(F)(F)F)cc1. The number of benzene rings is 1. The zero-order valence-electron chi connectivity index (χ0n) is 19.5. The smallest absolute Gasteiger partial charge is 0.378 e. The third-order valence-electron chi connectivity index (χ3n) is 6.94. The Balaban J connectivity index is 1.34. The van der Waals surface area contributed by atoms with Gasteiger partial charge in [0.25, 0.3) is 0 Å². The lowest BCUT2D eigenvalue weighted by atomic mass is 9.93. The molecule has 5 nitrogen and oxygen atoms in total. The van der Waals surface area contributed by atoms with Crippen LogP contribution >= 0.6 is 0 Å². The summed E-state index contributed by atoms with van der Waals surface area (Å²) in [5, 5.41) is 0. The predicted molar refractivity (Wildman–Crippen MR) is 123 cm³/mol. The Morgan fingerprint density at radius 1 is 0.970 bits per heavy atom. The van der Waals surface area contributed by atoms with E-state index in [1.54, 1.807) is 0 Å². The number of sulfonamides is 1. The van der Waals surface area contributed by atoms with Gasteiger partial charge in [-0.1, -0.05) is 12.8 Å². The molecule has 188 valence electrons. The van der Waals surface area contributed by atoms with E-state index < -0.39 is 21.8 Å². The molecule has 1 aliphatic heterocycles. The summed E-state index contributed by atoms with van der Waals surface area (Å²) in [6, 6.07) is 3.54. The van der Waals surface area contributed by atoms with Crippen LogP contribution < -0.4 is 0 Å². The van der Waals surface area contributed by atoms with Crippen LogP contribution in [0.2, 0.25) is 0 Å². The van der Waals surface area contributed by atoms with Crippen LogP contribution in [-0.4, -0.2) is 63.1 Å². The van der Waals surface area contributed by atoms with Crippen molar-refractivity contribution in [3.05, 3.63) is 29.8 Å². The summed E-state index contributed by atoms with van der Waals surface area (Å²) in [5.41, 5.74) is -0.853. The molecule has 1 aliphatic carbocycles.